The molecule has 1 fully saturated rings. The Balaban J connectivity index is 1.38. The lowest BCUT2D eigenvalue weighted by Gasteiger charge is -2.15. The monoisotopic (exact) mass is 364 g/mol. The number of amides is 1. The van der Waals surface area contributed by atoms with Crippen LogP contribution in [0.15, 0.2) is 30.3 Å². The number of rotatable bonds is 2. The van der Waals surface area contributed by atoms with E-state index in [-0.39, 0.29) is 11.8 Å². The van der Waals surface area contributed by atoms with Gasteiger partial charge in [-0.05, 0) is 48.9 Å². The van der Waals surface area contributed by atoms with Gasteiger partial charge in [0.05, 0.1) is 4.88 Å². The van der Waals surface area contributed by atoms with Gasteiger partial charge in [0.15, 0.2) is 5.82 Å². The van der Waals surface area contributed by atoms with Crippen molar-refractivity contribution in [1.29, 1.82) is 0 Å². The van der Waals surface area contributed by atoms with Crippen molar-refractivity contribution in [2.75, 3.05) is 13.1 Å². The van der Waals surface area contributed by atoms with Gasteiger partial charge in [-0.25, -0.2) is 4.98 Å². The van der Waals surface area contributed by atoms with E-state index in [1.807, 2.05) is 11.8 Å². The molecule has 1 atom stereocenters. The van der Waals surface area contributed by atoms with Crippen molar-refractivity contribution in [1.82, 2.24) is 20.1 Å². The lowest BCUT2D eigenvalue weighted by Crippen LogP contribution is -2.27. The number of aromatic nitrogens is 3. The number of hydrogen-bond donors (Lipinski definition) is 1. The summed E-state index contributed by atoms with van der Waals surface area (Å²) < 4.78 is 0. The molecule has 0 radical (unpaired) electrons. The summed E-state index contributed by atoms with van der Waals surface area (Å²) in [6, 6.07) is 10.7. The zero-order valence-electron chi connectivity index (χ0n) is 14.7. The second-order valence-corrected chi connectivity index (χ2v) is 8.19. The molecule has 1 aliphatic carbocycles. The third kappa shape index (κ3) is 2.56. The van der Waals surface area contributed by atoms with Crippen molar-refractivity contribution in [3.8, 4) is 10.4 Å². The Bertz CT molecular complexity index is 989. The van der Waals surface area contributed by atoms with Crippen LogP contribution in [0.2, 0.25) is 0 Å². The molecule has 2 aliphatic rings. The highest BCUT2D eigenvalue weighted by molar-refractivity contribution is 7.17. The third-order valence-corrected chi connectivity index (χ3v) is 6.60. The Morgan fingerprint density at radius 2 is 2.12 bits per heavy atom. The van der Waals surface area contributed by atoms with E-state index in [2.05, 4.69) is 45.5 Å². The van der Waals surface area contributed by atoms with Gasteiger partial charge in [-0.1, -0.05) is 24.3 Å². The number of nitrogens with one attached hydrogen (secondary N) is 1. The van der Waals surface area contributed by atoms with Crippen molar-refractivity contribution in [3.05, 3.63) is 58.0 Å². The molecule has 5 rings (SSSR count). The first-order valence-electron chi connectivity index (χ1n) is 9.08. The van der Waals surface area contributed by atoms with Gasteiger partial charge in [0.25, 0.3) is 5.91 Å². The molecule has 1 saturated heterocycles. The number of carbonyl (C=O) groups excluding carboxylic acids is 1. The van der Waals surface area contributed by atoms with Crippen LogP contribution in [-0.4, -0.2) is 39.1 Å². The minimum atomic E-state index is 0.150. The second kappa shape index (κ2) is 6.06. The average Bonchev–Trinajstić information content (AvgIpc) is 3.39. The molecule has 6 heteroatoms. The highest BCUT2D eigenvalue weighted by Gasteiger charge is 2.32. The van der Waals surface area contributed by atoms with E-state index in [1.165, 1.54) is 21.6 Å². The Hall–Kier alpha value is -2.47. The number of nitrogens with zero attached hydrogens (tertiary/aromatic N) is 3. The van der Waals surface area contributed by atoms with Crippen molar-refractivity contribution in [2.45, 2.75) is 32.1 Å². The van der Waals surface area contributed by atoms with Crippen LogP contribution in [0, 0.1) is 6.92 Å². The number of aromatic amines is 1. The van der Waals surface area contributed by atoms with Crippen LogP contribution in [0.4, 0.5) is 0 Å². The van der Waals surface area contributed by atoms with Gasteiger partial charge in [-0.15, -0.1) is 11.3 Å². The number of carbonyl (C=O) groups is 1. The van der Waals surface area contributed by atoms with Crippen molar-refractivity contribution in [3.63, 3.8) is 0 Å². The first kappa shape index (κ1) is 15.8. The lowest BCUT2D eigenvalue weighted by atomic mass is 9.91. The molecule has 2 aromatic heterocycles. The van der Waals surface area contributed by atoms with E-state index >= 15 is 0 Å². The summed E-state index contributed by atoms with van der Waals surface area (Å²) in [4.78, 5) is 21.6. The molecular formula is C20H20N4OS. The molecule has 1 aliphatic heterocycles. The Morgan fingerprint density at radius 1 is 1.27 bits per heavy atom. The van der Waals surface area contributed by atoms with Crippen LogP contribution in [0.1, 0.15) is 44.8 Å². The maximum atomic E-state index is 13.0. The summed E-state index contributed by atoms with van der Waals surface area (Å²) in [5.41, 5.74) is 4.01. The average molecular weight is 364 g/mol. The molecule has 0 saturated carbocycles. The van der Waals surface area contributed by atoms with Gasteiger partial charge in [-0.3, -0.25) is 9.89 Å². The van der Waals surface area contributed by atoms with Gasteiger partial charge < -0.3 is 4.90 Å². The quantitative estimate of drug-likeness (QED) is 0.756. The summed E-state index contributed by atoms with van der Waals surface area (Å²) in [5.74, 6) is 2.04. The molecule has 3 aromatic rings. The molecule has 5 nitrogen and oxygen atoms in total. The predicted molar refractivity (Wildman–Crippen MR) is 102 cm³/mol. The molecule has 1 N–H and O–H groups in total. The molecule has 1 aromatic carbocycles. The van der Waals surface area contributed by atoms with E-state index in [4.69, 9.17) is 0 Å². The molecule has 26 heavy (non-hydrogen) atoms. The van der Waals surface area contributed by atoms with Crippen LogP contribution in [0.3, 0.4) is 0 Å². The summed E-state index contributed by atoms with van der Waals surface area (Å²) in [7, 11) is 0. The number of fused-ring (bicyclic) bond motifs is 3. The minimum absolute atomic E-state index is 0.150. The molecule has 1 unspecified atom stereocenters. The molecule has 0 bridgehead atoms. The fourth-order valence-corrected chi connectivity index (χ4v) is 5.27. The van der Waals surface area contributed by atoms with Crippen LogP contribution in [0.5, 0.6) is 0 Å². The Labute approximate surface area is 156 Å². The van der Waals surface area contributed by atoms with E-state index in [0.717, 1.165) is 42.3 Å². The number of H-pyrrole nitrogens is 1. The molecule has 0 spiro atoms. The highest BCUT2D eigenvalue weighted by Crippen LogP contribution is 2.40. The Morgan fingerprint density at radius 3 is 2.96 bits per heavy atom. The van der Waals surface area contributed by atoms with Gasteiger partial charge in [-0.2, -0.15) is 5.10 Å². The summed E-state index contributed by atoms with van der Waals surface area (Å²) >= 11 is 1.65. The first-order valence-corrected chi connectivity index (χ1v) is 9.90. The number of benzene rings is 1. The van der Waals surface area contributed by atoms with Crippen LogP contribution in [0.25, 0.3) is 10.4 Å². The normalized spacial score (nSPS) is 18.7. The van der Waals surface area contributed by atoms with Gasteiger partial charge in [0.2, 0.25) is 0 Å². The van der Waals surface area contributed by atoms with Gasteiger partial charge in [0, 0.05) is 23.9 Å². The molecular weight excluding hydrogens is 344 g/mol. The van der Waals surface area contributed by atoms with E-state index < -0.39 is 0 Å². The zero-order chi connectivity index (χ0) is 17.7. The maximum Gasteiger partial charge on any atom is 0.263 e. The second-order valence-electron chi connectivity index (χ2n) is 7.14. The largest absolute Gasteiger partial charge is 0.337 e. The zero-order valence-corrected chi connectivity index (χ0v) is 15.5. The third-order valence-electron chi connectivity index (χ3n) is 5.40. The highest BCUT2D eigenvalue weighted by atomic mass is 32.1. The van der Waals surface area contributed by atoms with E-state index in [1.54, 1.807) is 11.3 Å². The standard InChI is InChI=1S/C20H20N4OS/c1-12-21-19(23-22-12)15-8-9-24(11-15)20(25)17-10-14-7-6-13-4-2-3-5-16(13)18(14)26-17/h2-5,10,15H,6-9,11H2,1H3,(H,21,22,23). The first-order chi connectivity index (χ1) is 12.7. The number of thiophene rings is 1. The van der Waals surface area contributed by atoms with Gasteiger partial charge >= 0.3 is 0 Å². The van der Waals surface area contributed by atoms with Crippen molar-refractivity contribution >= 4 is 17.2 Å². The van der Waals surface area contributed by atoms with E-state index in [0.29, 0.717) is 6.54 Å². The van der Waals surface area contributed by atoms with Crippen LogP contribution >= 0.6 is 11.3 Å². The minimum Gasteiger partial charge on any atom is -0.337 e. The smallest absolute Gasteiger partial charge is 0.263 e. The Kier molecular flexibility index (Phi) is 3.67. The number of likely N-dealkylation sites (tertiary alicyclic amines) is 1. The lowest BCUT2D eigenvalue weighted by molar-refractivity contribution is 0.0795. The fourth-order valence-electron chi connectivity index (χ4n) is 4.03. The molecule has 1 amide bonds. The summed E-state index contributed by atoms with van der Waals surface area (Å²) in [6.07, 6.45) is 3.01. The number of aryl methyl sites for hydroxylation is 3. The number of hydrogen-bond acceptors (Lipinski definition) is 4. The van der Waals surface area contributed by atoms with Gasteiger partial charge in [0.1, 0.15) is 5.82 Å². The SMILES string of the molecule is Cc1nc(C2CCN(C(=O)c3cc4c(s3)-c3ccccc3CC4)C2)n[nH]1. The van der Waals surface area contributed by atoms with Crippen LogP contribution < -0.4 is 0 Å². The summed E-state index contributed by atoms with van der Waals surface area (Å²) in [6.45, 7) is 3.38. The van der Waals surface area contributed by atoms with Crippen molar-refractivity contribution in [2.24, 2.45) is 0 Å². The summed E-state index contributed by atoms with van der Waals surface area (Å²) in [5, 5.41) is 7.17. The molecule has 132 valence electrons. The predicted octanol–water partition coefficient (Wildman–Crippen LogP) is 3.57. The fraction of sp³-hybridized carbons (Fsp3) is 0.350. The van der Waals surface area contributed by atoms with E-state index in [9.17, 15) is 4.79 Å². The maximum absolute atomic E-state index is 13.0. The molecule has 3 heterocycles. The topological polar surface area (TPSA) is 61.9 Å². The van der Waals surface area contributed by atoms with Crippen molar-refractivity contribution < 1.29 is 4.79 Å². The van der Waals surface area contributed by atoms with Crippen LogP contribution in [-0.2, 0) is 12.8 Å².